The van der Waals surface area contributed by atoms with E-state index in [1.165, 1.54) is 7.05 Å². The first-order valence-electron chi connectivity index (χ1n) is 3.48. The van der Waals surface area contributed by atoms with Gasteiger partial charge in [-0.3, -0.25) is 0 Å². The molecular formula is C3H7N11O2. The number of tetrazole rings is 1. The van der Waals surface area contributed by atoms with Crippen molar-refractivity contribution in [2.45, 2.75) is 0 Å². The third-order valence-corrected chi connectivity index (χ3v) is 0.929. The second kappa shape index (κ2) is 6.42. The molecule has 0 radical (unpaired) electrons. The van der Waals surface area contributed by atoms with Gasteiger partial charge >= 0.3 is 5.08 Å². The topological polar surface area (TPSA) is 193 Å². The SMILES string of the molecule is Cn1nnnc1[N-][N+](=O)[O-].N#[N+]N=C(N)N. The molecule has 13 heteroatoms. The number of guanidine groups is 1. The summed E-state index contributed by atoms with van der Waals surface area (Å²) in [6.07, 6.45) is 0. The number of aromatic nitrogens is 4. The van der Waals surface area contributed by atoms with Crippen LogP contribution in [0.5, 0.6) is 0 Å². The second-order valence-electron chi connectivity index (χ2n) is 2.05. The van der Waals surface area contributed by atoms with Crippen LogP contribution in [0.25, 0.3) is 10.5 Å². The van der Waals surface area contributed by atoms with Crippen molar-refractivity contribution >= 4 is 11.9 Å². The highest BCUT2D eigenvalue weighted by Gasteiger charge is 1.96. The van der Waals surface area contributed by atoms with Crippen molar-refractivity contribution in [2.75, 3.05) is 0 Å². The smallest absolute Gasteiger partial charge is 0.342 e. The largest absolute Gasteiger partial charge is 0.364 e. The van der Waals surface area contributed by atoms with Gasteiger partial charge in [0.05, 0.1) is 0 Å². The number of nitrogens with two attached hydrogens (primary N) is 2. The van der Waals surface area contributed by atoms with Crippen molar-refractivity contribution in [3.63, 3.8) is 0 Å². The summed E-state index contributed by atoms with van der Waals surface area (Å²) >= 11 is 0. The second-order valence-corrected chi connectivity index (χ2v) is 2.05. The van der Waals surface area contributed by atoms with Crippen LogP contribution in [0.4, 0.5) is 5.95 Å². The summed E-state index contributed by atoms with van der Waals surface area (Å²) in [7, 11) is 1.46. The van der Waals surface area contributed by atoms with Gasteiger partial charge in [-0.05, 0) is 7.05 Å². The summed E-state index contributed by atoms with van der Waals surface area (Å²) in [4.78, 5) is 9.75. The molecule has 0 atom stereocenters. The first-order valence-corrected chi connectivity index (χ1v) is 3.48. The molecule has 0 aromatic carbocycles. The lowest BCUT2D eigenvalue weighted by atomic mass is 11.0. The number of rotatable bonds is 2. The van der Waals surface area contributed by atoms with E-state index in [2.05, 4.69) is 42.6 Å². The van der Waals surface area contributed by atoms with Gasteiger partial charge in [0.25, 0.3) is 11.4 Å². The Morgan fingerprint density at radius 3 is 2.62 bits per heavy atom. The van der Waals surface area contributed by atoms with E-state index < -0.39 is 5.03 Å². The monoisotopic (exact) mass is 229 g/mol. The molecular weight excluding hydrogens is 222 g/mol. The fraction of sp³-hybridized carbons (Fsp3) is 0.333. The zero-order valence-electron chi connectivity index (χ0n) is 8.00. The highest BCUT2D eigenvalue weighted by Crippen LogP contribution is 2.08. The van der Waals surface area contributed by atoms with E-state index in [0.29, 0.717) is 0 Å². The van der Waals surface area contributed by atoms with Crippen LogP contribution in [0.1, 0.15) is 0 Å². The Morgan fingerprint density at radius 2 is 2.38 bits per heavy atom. The van der Waals surface area contributed by atoms with E-state index in [1.54, 1.807) is 0 Å². The molecule has 0 fully saturated rings. The predicted octanol–water partition coefficient (Wildman–Crippen LogP) is -1.57. The van der Waals surface area contributed by atoms with Crippen LogP contribution in [-0.2, 0) is 7.05 Å². The summed E-state index contributed by atoms with van der Waals surface area (Å²) in [5.41, 5.74) is 12.2. The molecule has 86 valence electrons. The van der Waals surface area contributed by atoms with Crippen LogP contribution in [0, 0.1) is 15.5 Å². The van der Waals surface area contributed by atoms with Crippen molar-refractivity contribution < 1.29 is 5.03 Å². The zero-order valence-corrected chi connectivity index (χ0v) is 8.00. The van der Waals surface area contributed by atoms with Crippen LogP contribution >= 0.6 is 0 Å². The van der Waals surface area contributed by atoms with Gasteiger partial charge in [-0.2, -0.15) is 0 Å². The van der Waals surface area contributed by atoms with Gasteiger partial charge in [0.2, 0.25) is 5.10 Å². The Morgan fingerprint density at radius 1 is 1.75 bits per heavy atom. The highest BCUT2D eigenvalue weighted by atomic mass is 16.7. The predicted molar refractivity (Wildman–Crippen MR) is 49.7 cm³/mol. The Bertz CT molecular complexity index is 409. The van der Waals surface area contributed by atoms with E-state index >= 15 is 0 Å². The molecule has 1 rings (SSSR count). The van der Waals surface area contributed by atoms with Crippen molar-refractivity contribution in [3.05, 3.63) is 20.6 Å². The molecule has 1 heterocycles. The molecule has 0 bridgehead atoms. The van der Waals surface area contributed by atoms with Crippen LogP contribution in [-0.4, -0.2) is 31.2 Å². The van der Waals surface area contributed by atoms with Crippen molar-refractivity contribution in [2.24, 2.45) is 23.6 Å². The number of hydrogen-bond donors (Lipinski definition) is 2. The average Bonchev–Trinajstić information content (AvgIpc) is 2.51. The number of hydrogen-bond acceptors (Lipinski definition) is 7. The van der Waals surface area contributed by atoms with Crippen molar-refractivity contribution in [1.82, 2.24) is 20.2 Å². The Labute approximate surface area is 87.8 Å². The van der Waals surface area contributed by atoms with E-state index in [9.17, 15) is 10.1 Å². The van der Waals surface area contributed by atoms with Crippen molar-refractivity contribution in [3.8, 4) is 0 Å². The lowest BCUT2D eigenvalue weighted by Crippen LogP contribution is -2.21. The standard InChI is InChI=1S/C2H3N6O2.CH4N5/c1-7-2(3-5-6-7)4-8(9)10;2-1(3)5-6-4/h1H3;(H4,2,3,5)/q-1;+1. The summed E-state index contributed by atoms with van der Waals surface area (Å²) in [6.45, 7) is 0. The van der Waals surface area contributed by atoms with E-state index in [1.807, 2.05) is 0 Å². The maximum atomic E-state index is 9.75. The maximum absolute atomic E-state index is 9.75. The van der Waals surface area contributed by atoms with Gasteiger partial charge in [0.1, 0.15) is 11.0 Å². The maximum Gasteiger partial charge on any atom is 0.342 e. The molecule has 1 aromatic heterocycles. The Kier molecular flexibility index (Phi) is 5.20. The minimum absolute atomic E-state index is 0.120. The summed E-state index contributed by atoms with van der Waals surface area (Å²) < 4.78 is 1.10. The lowest BCUT2D eigenvalue weighted by molar-refractivity contribution is -0.419. The van der Waals surface area contributed by atoms with Crippen molar-refractivity contribution in [1.29, 1.82) is 5.39 Å². The quantitative estimate of drug-likeness (QED) is 0.199. The number of diazo groups is 1. The molecule has 0 aliphatic rings. The molecule has 0 saturated heterocycles. The third kappa shape index (κ3) is 5.58. The molecule has 0 spiro atoms. The molecule has 0 aliphatic heterocycles. The normalized spacial score (nSPS) is 8.00. The molecule has 1 aromatic rings. The minimum Gasteiger partial charge on any atom is -0.364 e. The van der Waals surface area contributed by atoms with Crippen LogP contribution < -0.4 is 11.5 Å². The van der Waals surface area contributed by atoms with Gasteiger partial charge in [-0.25, -0.2) is 15.2 Å². The van der Waals surface area contributed by atoms with Gasteiger partial charge in [0, 0.05) is 0 Å². The summed E-state index contributed by atoms with van der Waals surface area (Å²) in [5, 5.41) is 31.2. The van der Waals surface area contributed by atoms with E-state index in [-0.39, 0.29) is 11.9 Å². The van der Waals surface area contributed by atoms with Gasteiger partial charge in [-0.15, -0.1) is 10.4 Å². The Hall–Kier alpha value is -3.04. The molecule has 4 N–H and O–H groups in total. The number of nitrogens with zero attached hydrogens (tertiary/aromatic N) is 9. The van der Waals surface area contributed by atoms with E-state index in [0.717, 1.165) is 4.68 Å². The summed E-state index contributed by atoms with van der Waals surface area (Å²) in [5.74, 6) is -0.373. The number of aryl methyl sites for hydroxylation is 1. The molecule has 16 heavy (non-hydrogen) atoms. The van der Waals surface area contributed by atoms with Crippen LogP contribution in [0.15, 0.2) is 5.10 Å². The van der Waals surface area contributed by atoms with Gasteiger partial charge < -0.3 is 16.1 Å². The van der Waals surface area contributed by atoms with E-state index in [4.69, 9.17) is 5.39 Å². The average molecular weight is 229 g/mol. The summed E-state index contributed by atoms with van der Waals surface area (Å²) in [6, 6.07) is 0. The molecule has 0 amide bonds. The first kappa shape index (κ1) is 13.0. The fourth-order valence-electron chi connectivity index (χ4n) is 0.434. The first-order chi connectivity index (χ1) is 7.47. The highest BCUT2D eigenvalue weighted by molar-refractivity contribution is 5.75. The Balaban J connectivity index is 0.000000325. The fourth-order valence-corrected chi connectivity index (χ4v) is 0.434. The molecule has 13 nitrogen and oxygen atoms in total. The molecule has 0 aliphatic carbocycles. The third-order valence-electron chi connectivity index (χ3n) is 0.929. The lowest BCUT2D eigenvalue weighted by Gasteiger charge is -1.98. The molecule has 0 unspecified atom stereocenters. The zero-order chi connectivity index (χ0) is 12.6. The van der Waals surface area contributed by atoms with Crippen LogP contribution in [0.3, 0.4) is 0 Å². The molecule has 0 saturated carbocycles. The minimum atomic E-state index is -0.855. The van der Waals surface area contributed by atoms with Crippen LogP contribution in [0.2, 0.25) is 0 Å². The van der Waals surface area contributed by atoms with Gasteiger partial charge in [-0.1, -0.05) is 5.43 Å². The van der Waals surface area contributed by atoms with Gasteiger partial charge in [0.15, 0.2) is 0 Å². The number of nitro groups is 1.